The van der Waals surface area contributed by atoms with Crippen LogP contribution in [0.25, 0.3) is 0 Å². The Kier molecular flexibility index (Phi) is 13.0. The second-order valence-electron chi connectivity index (χ2n) is 7.05. The van der Waals surface area contributed by atoms with Crippen LogP contribution in [0.3, 0.4) is 0 Å². The van der Waals surface area contributed by atoms with Crippen molar-refractivity contribution in [3.63, 3.8) is 0 Å². The van der Waals surface area contributed by atoms with Crippen molar-refractivity contribution in [1.82, 2.24) is 10.4 Å². The molecule has 0 bridgehead atoms. The number of likely N-dealkylation sites (N-methyl/N-ethyl adjacent to an activating group) is 1. The fourth-order valence-electron chi connectivity index (χ4n) is 2.64. The molecule has 0 fully saturated rings. The van der Waals surface area contributed by atoms with E-state index in [0.29, 0.717) is 17.6 Å². The van der Waals surface area contributed by atoms with Crippen LogP contribution in [0.15, 0.2) is 0 Å². The minimum atomic E-state index is -0.437. The van der Waals surface area contributed by atoms with Crippen LogP contribution in [0.1, 0.15) is 46.5 Å². The van der Waals surface area contributed by atoms with Crippen LogP contribution < -0.4 is 5.48 Å². The van der Waals surface area contributed by atoms with Gasteiger partial charge in [-0.1, -0.05) is 27.2 Å². The van der Waals surface area contributed by atoms with E-state index < -0.39 is 6.10 Å². The number of hydrogen-bond donors (Lipinski definition) is 3. The van der Waals surface area contributed by atoms with Crippen LogP contribution in [0.4, 0.5) is 0 Å². The van der Waals surface area contributed by atoms with Gasteiger partial charge in [-0.25, -0.2) is 5.48 Å². The predicted octanol–water partition coefficient (Wildman–Crippen LogP) is 1.19. The zero-order chi connectivity index (χ0) is 17.7. The molecule has 0 aliphatic rings. The van der Waals surface area contributed by atoms with Crippen LogP contribution in [-0.4, -0.2) is 85.4 Å². The lowest BCUT2D eigenvalue weighted by Crippen LogP contribution is -2.49. The first-order valence-electron chi connectivity index (χ1n) is 9.10. The maximum Gasteiger partial charge on any atom is 0.179 e. The number of nitrogens with one attached hydrogen (secondary N) is 1. The summed E-state index contributed by atoms with van der Waals surface area (Å²) in [4.78, 5) is 7.94. The van der Waals surface area contributed by atoms with Gasteiger partial charge < -0.3 is 14.7 Å². The van der Waals surface area contributed by atoms with Crippen molar-refractivity contribution in [3.8, 4) is 0 Å². The van der Waals surface area contributed by atoms with Crippen molar-refractivity contribution in [2.24, 2.45) is 0 Å². The molecule has 140 valence electrons. The molecule has 0 aromatic rings. The molecule has 2 atom stereocenters. The van der Waals surface area contributed by atoms with Crippen LogP contribution in [0.2, 0.25) is 0 Å². The van der Waals surface area contributed by atoms with Crippen LogP contribution in [0.5, 0.6) is 0 Å². The first-order chi connectivity index (χ1) is 10.9. The number of quaternary nitrogens is 1. The van der Waals surface area contributed by atoms with E-state index in [1.165, 1.54) is 0 Å². The van der Waals surface area contributed by atoms with Gasteiger partial charge in [0.1, 0.15) is 12.6 Å². The monoisotopic (exact) mass is 334 g/mol. The molecule has 0 aliphatic heterocycles. The number of nitrogens with zero attached hydrogens (tertiary/aromatic N) is 2. The molecular weight excluding hydrogens is 294 g/mol. The van der Waals surface area contributed by atoms with Gasteiger partial charge in [0.2, 0.25) is 0 Å². The lowest BCUT2D eigenvalue weighted by molar-refractivity contribution is -0.911. The quantitative estimate of drug-likeness (QED) is 0.182. The number of hydroxylamine groups is 1. The van der Waals surface area contributed by atoms with E-state index in [4.69, 9.17) is 4.84 Å². The van der Waals surface area contributed by atoms with Crippen LogP contribution in [-0.2, 0) is 4.84 Å². The van der Waals surface area contributed by atoms with E-state index in [1.54, 1.807) is 0 Å². The summed E-state index contributed by atoms with van der Waals surface area (Å²) < 4.78 is 0.414. The minimum Gasteiger partial charge on any atom is -0.386 e. The van der Waals surface area contributed by atoms with E-state index in [1.807, 2.05) is 14.1 Å². The number of aliphatic hydroxyl groups excluding tert-OH is 2. The van der Waals surface area contributed by atoms with Gasteiger partial charge in [-0.15, -0.1) is 0 Å². The highest BCUT2D eigenvalue weighted by molar-refractivity contribution is 4.65. The third-order valence-electron chi connectivity index (χ3n) is 3.94. The van der Waals surface area contributed by atoms with Crippen molar-refractivity contribution in [2.45, 2.75) is 58.7 Å². The summed E-state index contributed by atoms with van der Waals surface area (Å²) >= 11 is 0. The summed E-state index contributed by atoms with van der Waals surface area (Å²) in [6.45, 7) is 10.2. The molecule has 0 aromatic heterocycles. The zero-order valence-electron chi connectivity index (χ0n) is 15.9. The molecule has 0 saturated heterocycles. The second kappa shape index (κ2) is 13.1. The second-order valence-corrected chi connectivity index (χ2v) is 7.05. The number of aliphatic hydroxyl groups is 2. The van der Waals surface area contributed by atoms with E-state index in [-0.39, 0.29) is 12.8 Å². The Morgan fingerprint density at radius 2 is 1.83 bits per heavy atom. The summed E-state index contributed by atoms with van der Waals surface area (Å²) in [7, 11) is 3.84. The number of rotatable bonds is 15. The van der Waals surface area contributed by atoms with Gasteiger partial charge in [0.25, 0.3) is 0 Å². The smallest absolute Gasteiger partial charge is 0.179 e. The lowest BCUT2D eigenvalue weighted by Gasteiger charge is -2.31. The molecule has 0 radical (unpaired) electrons. The van der Waals surface area contributed by atoms with Crippen LogP contribution in [0, 0.1) is 0 Å². The van der Waals surface area contributed by atoms with Crippen molar-refractivity contribution < 1.29 is 19.5 Å². The van der Waals surface area contributed by atoms with Gasteiger partial charge in [0.15, 0.2) is 6.73 Å². The largest absolute Gasteiger partial charge is 0.386 e. The molecule has 2 unspecified atom stereocenters. The van der Waals surface area contributed by atoms with Gasteiger partial charge in [-0.05, 0) is 25.8 Å². The molecule has 0 saturated carbocycles. The van der Waals surface area contributed by atoms with Crippen LogP contribution >= 0.6 is 0 Å². The Hall–Kier alpha value is -0.240. The Morgan fingerprint density at radius 1 is 1.13 bits per heavy atom. The van der Waals surface area contributed by atoms with Crippen molar-refractivity contribution in [2.75, 3.05) is 53.5 Å². The van der Waals surface area contributed by atoms with Gasteiger partial charge in [0.05, 0.1) is 20.2 Å². The van der Waals surface area contributed by atoms with Gasteiger partial charge in [-0.3, -0.25) is 9.74 Å². The molecule has 6 heteroatoms. The molecule has 6 nitrogen and oxygen atoms in total. The van der Waals surface area contributed by atoms with E-state index in [0.717, 1.165) is 45.3 Å². The molecule has 0 spiro atoms. The Balaban J connectivity index is 4.11. The average Bonchev–Trinajstić information content (AvgIpc) is 2.49. The Bertz CT molecular complexity index is 278. The summed E-state index contributed by atoms with van der Waals surface area (Å²) in [5.41, 5.74) is 3.08. The standard InChI is InChI=1S/C17H40N3O3/c1-6-9-17(8-3)23-18-10-12-19(11-7-2)13-16(22)14-20(4,5)15-21/h16-18,21-22H,6-15H2,1-5H3/q+1. The van der Waals surface area contributed by atoms with Gasteiger partial charge >= 0.3 is 0 Å². The van der Waals surface area contributed by atoms with Gasteiger partial charge in [-0.2, -0.15) is 0 Å². The molecular formula is C17H40N3O3+. The summed E-state index contributed by atoms with van der Waals surface area (Å²) in [5.74, 6) is 0. The highest BCUT2D eigenvalue weighted by atomic mass is 16.7. The summed E-state index contributed by atoms with van der Waals surface area (Å²) in [5, 5.41) is 19.5. The first-order valence-corrected chi connectivity index (χ1v) is 9.10. The number of hydrogen-bond acceptors (Lipinski definition) is 5. The minimum absolute atomic E-state index is 0.0378. The predicted molar refractivity (Wildman–Crippen MR) is 94.9 cm³/mol. The average molecular weight is 335 g/mol. The Labute approximate surface area is 143 Å². The van der Waals surface area contributed by atoms with E-state index in [2.05, 4.69) is 31.2 Å². The van der Waals surface area contributed by atoms with Crippen molar-refractivity contribution in [1.29, 1.82) is 0 Å². The lowest BCUT2D eigenvalue weighted by atomic mass is 10.2. The normalized spacial score (nSPS) is 15.1. The molecule has 3 N–H and O–H groups in total. The molecule has 23 heavy (non-hydrogen) atoms. The Morgan fingerprint density at radius 3 is 2.35 bits per heavy atom. The topological polar surface area (TPSA) is 65.0 Å². The first kappa shape index (κ1) is 22.8. The SMILES string of the molecule is CCCC(CC)ONCCN(CCC)CC(O)C[N+](C)(C)CO. The molecule has 0 rings (SSSR count). The van der Waals surface area contributed by atoms with E-state index in [9.17, 15) is 10.2 Å². The molecule has 0 amide bonds. The maximum atomic E-state index is 10.2. The summed E-state index contributed by atoms with van der Waals surface area (Å²) in [6, 6.07) is 0. The molecule has 0 heterocycles. The fourth-order valence-corrected chi connectivity index (χ4v) is 2.64. The van der Waals surface area contributed by atoms with Crippen molar-refractivity contribution in [3.05, 3.63) is 0 Å². The fraction of sp³-hybridized carbons (Fsp3) is 1.00. The highest BCUT2D eigenvalue weighted by Crippen LogP contribution is 2.04. The molecule has 0 aromatic carbocycles. The third-order valence-corrected chi connectivity index (χ3v) is 3.94. The highest BCUT2D eigenvalue weighted by Gasteiger charge is 2.21. The maximum absolute atomic E-state index is 10.2. The van der Waals surface area contributed by atoms with E-state index >= 15 is 0 Å². The molecule has 0 aliphatic carbocycles. The van der Waals surface area contributed by atoms with Crippen molar-refractivity contribution >= 4 is 0 Å². The summed E-state index contributed by atoms with van der Waals surface area (Å²) in [6.07, 6.45) is 4.13. The zero-order valence-corrected chi connectivity index (χ0v) is 15.9. The third kappa shape index (κ3) is 11.9. The van der Waals surface area contributed by atoms with Gasteiger partial charge in [0, 0.05) is 19.6 Å².